The number of carbonyl (C=O) groups excluding carboxylic acids is 1. The number of halogens is 1. The summed E-state index contributed by atoms with van der Waals surface area (Å²) in [5, 5.41) is 35.3. The number of ether oxygens (including phenoxy) is 2. The highest BCUT2D eigenvalue weighted by molar-refractivity contribution is 9.10. The Morgan fingerprint density at radius 2 is 1.93 bits per heavy atom. The monoisotopic (exact) mass is 482 g/mol. The predicted molar refractivity (Wildman–Crippen MR) is 108 cm³/mol. The van der Waals surface area contributed by atoms with Gasteiger partial charge in [-0.15, -0.1) is 0 Å². The number of nitro groups is 2. The maximum Gasteiger partial charge on any atom is 0.315 e. The molecule has 2 rings (SSSR count). The number of nitrogens with zero attached hydrogens (tertiary/aromatic N) is 3. The molecule has 12 nitrogen and oxygen atoms in total. The van der Waals surface area contributed by atoms with Gasteiger partial charge < -0.3 is 14.6 Å². The van der Waals surface area contributed by atoms with Crippen molar-refractivity contribution in [2.45, 2.75) is 6.92 Å². The van der Waals surface area contributed by atoms with E-state index in [2.05, 4.69) is 26.5 Å². The van der Waals surface area contributed by atoms with Gasteiger partial charge in [-0.05, 0) is 35.0 Å². The summed E-state index contributed by atoms with van der Waals surface area (Å²) in [6.45, 7) is 1.39. The summed E-state index contributed by atoms with van der Waals surface area (Å²) in [6.07, 6.45) is 1.13. The summed E-state index contributed by atoms with van der Waals surface area (Å²) in [5.74, 6) is -1.12. The number of phenolic OH excluding ortho intramolecular Hbond substituents is 1. The van der Waals surface area contributed by atoms with Gasteiger partial charge in [0.25, 0.3) is 11.6 Å². The molecule has 0 spiro atoms. The Morgan fingerprint density at radius 1 is 1.20 bits per heavy atom. The average Bonchev–Trinajstić information content (AvgIpc) is 2.69. The Bertz CT molecular complexity index is 1010. The van der Waals surface area contributed by atoms with E-state index in [1.807, 2.05) is 0 Å². The maximum atomic E-state index is 11.8. The molecule has 0 aliphatic carbocycles. The molecule has 13 heteroatoms. The van der Waals surface area contributed by atoms with Gasteiger partial charge in [-0.2, -0.15) is 5.10 Å². The van der Waals surface area contributed by atoms with Crippen LogP contribution in [0.3, 0.4) is 0 Å². The fraction of sp³-hybridized carbons (Fsp3) is 0.176. The van der Waals surface area contributed by atoms with Crippen LogP contribution in [0, 0.1) is 20.2 Å². The van der Waals surface area contributed by atoms with Crippen molar-refractivity contribution in [3.05, 3.63) is 60.6 Å². The number of hydrogen-bond acceptors (Lipinski definition) is 9. The van der Waals surface area contributed by atoms with Crippen LogP contribution >= 0.6 is 15.9 Å². The Hall–Kier alpha value is -3.74. The Morgan fingerprint density at radius 3 is 2.53 bits per heavy atom. The topological polar surface area (TPSA) is 166 Å². The first-order valence-electron chi connectivity index (χ1n) is 8.25. The van der Waals surface area contributed by atoms with Crippen molar-refractivity contribution in [3.8, 4) is 17.2 Å². The molecule has 0 aromatic heterocycles. The van der Waals surface area contributed by atoms with E-state index in [1.54, 1.807) is 6.92 Å². The number of rotatable bonds is 9. The third-order valence-corrected chi connectivity index (χ3v) is 4.08. The predicted octanol–water partition coefficient (Wildman–Crippen LogP) is 2.90. The second-order valence-corrected chi connectivity index (χ2v) is 6.38. The van der Waals surface area contributed by atoms with Gasteiger partial charge in [0.1, 0.15) is 5.75 Å². The number of benzene rings is 2. The first-order valence-corrected chi connectivity index (χ1v) is 9.05. The van der Waals surface area contributed by atoms with E-state index < -0.39 is 33.8 Å². The smallest absolute Gasteiger partial charge is 0.315 e. The standard InChI is InChI=1S/C17H15BrN4O8/c1-2-29-15-6-10(5-13(17(15)24)22(27)28)8-19-20-16(23)9-30-14-4-3-11(21(25)26)7-12(14)18/h3-8,24H,2,9H2,1H3,(H,20,23)/b19-8+. The fourth-order valence-corrected chi connectivity index (χ4v) is 2.65. The number of phenols is 1. The Balaban J connectivity index is 2.01. The lowest BCUT2D eigenvalue weighted by molar-refractivity contribution is -0.386. The lowest BCUT2D eigenvalue weighted by atomic mass is 10.2. The van der Waals surface area contributed by atoms with Crippen molar-refractivity contribution >= 4 is 39.4 Å². The number of hydrazone groups is 1. The molecule has 2 N–H and O–H groups in total. The first-order chi connectivity index (χ1) is 14.2. The zero-order chi connectivity index (χ0) is 22.3. The van der Waals surface area contributed by atoms with E-state index in [4.69, 9.17) is 9.47 Å². The van der Waals surface area contributed by atoms with Crippen LogP contribution in [0.2, 0.25) is 0 Å². The van der Waals surface area contributed by atoms with Crippen molar-refractivity contribution in [1.29, 1.82) is 0 Å². The number of nitrogens with one attached hydrogen (secondary N) is 1. The minimum absolute atomic E-state index is 0.0918. The zero-order valence-corrected chi connectivity index (χ0v) is 17.0. The van der Waals surface area contributed by atoms with Crippen LogP contribution in [0.1, 0.15) is 12.5 Å². The number of nitro benzene ring substituents is 2. The Kier molecular flexibility index (Phi) is 7.63. The number of carbonyl (C=O) groups is 1. The SMILES string of the molecule is CCOc1cc(/C=N/NC(=O)COc2ccc([N+](=O)[O-])cc2Br)cc([N+](=O)[O-])c1O. The molecular formula is C17H15BrN4O8. The zero-order valence-electron chi connectivity index (χ0n) is 15.4. The Labute approximate surface area is 177 Å². The van der Waals surface area contributed by atoms with Crippen molar-refractivity contribution in [2.75, 3.05) is 13.2 Å². The van der Waals surface area contributed by atoms with E-state index in [-0.39, 0.29) is 29.4 Å². The molecule has 0 aliphatic rings. The summed E-state index contributed by atoms with van der Waals surface area (Å²) in [4.78, 5) is 32.2. The maximum absolute atomic E-state index is 11.8. The highest BCUT2D eigenvalue weighted by Gasteiger charge is 2.19. The molecule has 0 saturated heterocycles. The van der Waals surface area contributed by atoms with Crippen LogP contribution in [0.15, 0.2) is 39.9 Å². The molecule has 2 aromatic carbocycles. The second-order valence-electron chi connectivity index (χ2n) is 5.53. The number of hydrogen-bond donors (Lipinski definition) is 2. The third-order valence-electron chi connectivity index (χ3n) is 3.46. The number of non-ortho nitro benzene ring substituents is 1. The van der Waals surface area contributed by atoms with Crippen LogP contribution < -0.4 is 14.9 Å². The van der Waals surface area contributed by atoms with Gasteiger partial charge in [0.15, 0.2) is 12.4 Å². The summed E-state index contributed by atoms with van der Waals surface area (Å²) in [5.41, 5.74) is 1.67. The van der Waals surface area contributed by atoms with E-state index >= 15 is 0 Å². The lowest BCUT2D eigenvalue weighted by Crippen LogP contribution is -2.24. The lowest BCUT2D eigenvalue weighted by Gasteiger charge is -2.08. The molecule has 0 unspecified atom stereocenters. The molecule has 0 bridgehead atoms. The molecule has 2 aromatic rings. The van der Waals surface area contributed by atoms with Gasteiger partial charge >= 0.3 is 5.69 Å². The molecule has 1 amide bonds. The second kappa shape index (κ2) is 10.2. The van der Waals surface area contributed by atoms with E-state index in [0.717, 1.165) is 12.3 Å². The highest BCUT2D eigenvalue weighted by atomic mass is 79.9. The number of aromatic hydroxyl groups is 1. The summed E-state index contributed by atoms with van der Waals surface area (Å²) >= 11 is 3.11. The van der Waals surface area contributed by atoms with Gasteiger partial charge in [-0.1, -0.05) is 0 Å². The molecule has 0 atom stereocenters. The van der Waals surface area contributed by atoms with Crippen LogP contribution in [-0.2, 0) is 4.79 Å². The van der Waals surface area contributed by atoms with E-state index in [9.17, 15) is 30.1 Å². The van der Waals surface area contributed by atoms with Crippen LogP contribution in [0.5, 0.6) is 17.2 Å². The van der Waals surface area contributed by atoms with Crippen LogP contribution in [0.25, 0.3) is 0 Å². The number of amides is 1. The summed E-state index contributed by atoms with van der Waals surface area (Å²) in [6, 6.07) is 6.19. The first kappa shape index (κ1) is 22.5. The molecule has 0 saturated carbocycles. The van der Waals surface area contributed by atoms with Gasteiger partial charge in [0.05, 0.1) is 27.1 Å². The van der Waals surface area contributed by atoms with Crippen LogP contribution in [-0.4, -0.2) is 40.3 Å². The third kappa shape index (κ3) is 5.88. The van der Waals surface area contributed by atoms with Crippen molar-refractivity contribution < 1.29 is 29.2 Å². The van der Waals surface area contributed by atoms with E-state index in [0.29, 0.717) is 4.47 Å². The van der Waals surface area contributed by atoms with Gasteiger partial charge in [-0.25, -0.2) is 5.43 Å². The molecular weight excluding hydrogens is 468 g/mol. The minimum Gasteiger partial charge on any atom is -0.500 e. The average molecular weight is 483 g/mol. The molecule has 0 fully saturated rings. The molecule has 0 aliphatic heterocycles. The summed E-state index contributed by atoms with van der Waals surface area (Å²) < 4.78 is 10.7. The quantitative estimate of drug-likeness (QED) is 0.312. The summed E-state index contributed by atoms with van der Waals surface area (Å²) in [7, 11) is 0. The minimum atomic E-state index is -0.774. The van der Waals surface area contributed by atoms with Crippen molar-refractivity contribution in [3.63, 3.8) is 0 Å². The van der Waals surface area contributed by atoms with Crippen molar-refractivity contribution in [2.24, 2.45) is 5.10 Å². The van der Waals surface area contributed by atoms with Crippen molar-refractivity contribution in [1.82, 2.24) is 5.43 Å². The van der Waals surface area contributed by atoms with Gasteiger partial charge in [-0.3, -0.25) is 25.0 Å². The molecule has 30 heavy (non-hydrogen) atoms. The van der Waals surface area contributed by atoms with Gasteiger partial charge in [0, 0.05) is 23.8 Å². The fourth-order valence-electron chi connectivity index (χ4n) is 2.17. The largest absolute Gasteiger partial charge is 0.500 e. The normalized spacial score (nSPS) is 10.6. The van der Waals surface area contributed by atoms with Crippen LogP contribution in [0.4, 0.5) is 11.4 Å². The van der Waals surface area contributed by atoms with E-state index in [1.165, 1.54) is 24.3 Å². The van der Waals surface area contributed by atoms with Gasteiger partial charge in [0.2, 0.25) is 5.75 Å². The highest BCUT2D eigenvalue weighted by Crippen LogP contribution is 2.36. The molecule has 0 heterocycles. The molecule has 158 valence electrons. The molecule has 0 radical (unpaired) electrons.